The molecule has 8 heteroatoms. The fourth-order valence-electron chi connectivity index (χ4n) is 3.86. The molecule has 1 aliphatic heterocycles. The van der Waals surface area contributed by atoms with E-state index in [1.54, 1.807) is 30.2 Å². The Kier molecular flexibility index (Phi) is 9.48. The van der Waals surface area contributed by atoms with E-state index in [1.165, 1.54) is 7.11 Å². The summed E-state index contributed by atoms with van der Waals surface area (Å²) in [6, 6.07) is 8.91. The highest BCUT2D eigenvalue weighted by atomic mass is 35.5. The van der Waals surface area contributed by atoms with E-state index in [9.17, 15) is 4.79 Å². The normalized spacial score (nSPS) is 15.0. The molecule has 1 unspecified atom stereocenters. The molecular formula is C26H32ClNO6. The minimum Gasteiger partial charge on any atom is -0.493 e. The molecule has 1 atom stereocenters. The lowest BCUT2D eigenvalue weighted by Gasteiger charge is -2.26. The van der Waals surface area contributed by atoms with Gasteiger partial charge in [-0.05, 0) is 49.6 Å². The van der Waals surface area contributed by atoms with Gasteiger partial charge in [0.1, 0.15) is 6.61 Å². The minimum atomic E-state index is -0.176. The van der Waals surface area contributed by atoms with Crippen molar-refractivity contribution >= 4 is 17.5 Å². The summed E-state index contributed by atoms with van der Waals surface area (Å²) < 4.78 is 28.0. The first-order valence-electron chi connectivity index (χ1n) is 11.3. The van der Waals surface area contributed by atoms with Gasteiger partial charge in [-0.1, -0.05) is 30.3 Å². The summed E-state index contributed by atoms with van der Waals surface area (Å²) in [6.07, 6.45) is 3.56. The molecule has 1 aliphatic rings. The van der Waals surface area contributed by atoms with Crippen molar-refractivity contribution in [1.29, 1.82) is 0 Å². The van der Waals surface area contributed by atoms with Gasteiger partial charge >= 0.3 is 0 Å². The van der Waals surface area contributed by atoms with E-state index in [4.69, 9.17) is 35.3 Å². The predicted octanol–water partition coefficient (Wildman–Crippen LogP) is 5.14. The van der Waals surface area contributed by atoms with Crippen LogP contribution in [-0.2, 0) is 11.3 Å². The quantitative estimate of drug-likeness (QED) is 0.384. The molecule has 0 aliphatic carbocycles. The van der Waals surface area contributed by atoms with Gasteiger partial charge in [-0.15, -0.1) is 0 Å². The van der Waals surface area contributed by atoms with Gasteiger partial charge in [0.05, 0.1) is 32.0 Å². The molecular weight excluding hydrogens is 458 g/mol. The molecule has 0 N–H and O–H groups in total. The average molecular weight is 490 g/mol. The predicted molar refractivity (Wildman–Crippen MR) is 132 cm³/mol. The number of carbonyl (C=O) groups excluding carboxylic acids is 1. The highest BCUT2D eigenvalue weighted by Gasteiger charge is 2.26. The first-order chi connectivity index (χ1) is 16.5. The maximum atomic E-state index is 13.6. The van der Waals surface area contributed by atoms with Gasteiger partial charge in [-0.3, -0.25) is 4.79 Å². The minimum absolute atomic E-state index is 0.0129. The zero-order chi connectivity index (χ0) is 24.5. The molecule has 0 radical (unpaired) electrons. The maximum absolute atomic E-state index is 13.6. The van der Waals surface area contributed by atoms with E-state index >= 15 is 0 Å². The maximum Gasteiger partial charge on any atom is 0.254 e. The van der Waals surface area contributed by atoms with E-state index in [0.29, 0.717) is 66.5 Å². The van der Waals surface area contributed by atoms with Crippen LogP contribution in [0.2, 0.25) is 5.02 Å². The first-order valence-corrected chi connectivity index (χ1v) is 11.7. The molecule has 7 nitrogen and oxygen atoms in total. The number of halogens is 1. The van der Waals surface area contributed by atoms with E-state index < -0.39 is 0 Å². The van der Waals surface area contributed by atoms with Crippen molar-refractivity contribution < 1.29 is 28.5 Å². The largest absolute Gasteiger partial charge is 0.493 e. The van der Waals surface area contributed by atoms with Crippen LogP contribution in [0.3, 0.4) is 0 Å². The second kappa shape index (κ2) is 12.5. The average Bonchev–Trinajstić information content (AvgIpc) is 3.36. The summed E-state index contributed by atoms with van der Waals surface area (Å²) in [5, 5.41) is 0.326. The summed E-state index contributed by atoms with van der Waals surface area (Å²) in [7, 11) is 3.11. The van der Waals surface area contributed by atoms with Gasteiger partial charge < -0.3 is 28.6 Å². The third kappa shape index (κ3) is 6.36. The van der Waals surface area contributed by atoms with Crippen LogP contribution < -0.4 is 18.9 Å². The molecule has 1 amide bonds. The molecule has 0 aromatic heterocycles. The Morgan fingerprint density at radius 2 is 1.97 bits per heavy atom. The topological polar surface area (TPSA) is 66.5 Å². The molecule has 2 aromatic carbocycles. The second-order valence-corrected chi connectivity index (χ2v) is 8.24. The van der Waals surface area contributed by atoms with E-state index in [-0.39, 0.29) is 12.0 Å². The number of carbonyl (C=O) groups is 1. The van der Waals surface area contributed by atoms with Crippen molar-refractivity contribution in [2.24, 2.45) is 0 Å². The SMILES string of the molecule is C=CCOc1ccc(CN(CC2CCCO2)C(=O)c2cc(Cl)c(OCC)c(OC)c2)cc1OC. The smallest absolute Gasteiger partial charge is 0.254 e. The van der Waals surface area contributed by atoms with Gasteiger partial charge in [-0.25, -0.2) is 0 Å². The molecule has 34 heavy (non-hydrogen) atoms. The number of rotatable bonds is 12. The lowest BCUT2D eigenvalue weighted by atomic mass is 10.1. The van der Waals surface area contributed by atoms with Gasteiger partial charge in [0.2, 0.25) is 0 Å². The number of benzene rings is 2. The Hall–Kier alpha value is -2.90. The summed E-state index contributed by atoms with van der Waals surface area (Å²) in [5.74, 6) is 1.87. The lowest BCUT2D eigenvalue weighted by Crippen LogP contribution is -2.37. The lowest BCUT2D eigenvalue weighted by molar-refractivity contribution is 0.0507. The number of hydrogen-bond acceptors (Lipinski definition) is 6. The molecule has 0 spiro atoms. The fourth-order valence-corrected chi connectivity index (χ4v) is 4.13. The van der Waals surface area contributed by atoms with Crippen LogP contribution in [0.4, 0.5) is 0 Å². The van der Waals surface area contributed by atoms with Crippen molar-refractivity contribution in [3.63, 3.8) is 0 Å². The van der Waals surface area contributed by atoms with Crippen molar-refractivity contribution in [3.8, 4) is 23.0 Å². The Labute approximate surface area is 206 Å². The summed E-state index contributed by atoms with van der Waals surface area (Å²) >= 11 is 6.43. The van der Waals surface area contributed by atoms with E-state index in [0.717, 1.165) is 18.4 Å². The van der Waals surface area contributed by atoms with Crippen LogP contribution in [0.25, 0.3) is 0 Å². The van der Waals surface area contributed by atoms with Gasteiger partial charge in [0.25, 0.3) is 5.91 Å². The third-order valence-electron chi connectivity index (χ3n) is 5.46. The molecule has 1 heterocycles. The molecule has 184 valence electrons. The molecule has 1 fully saturated rings. The monoisotopic (exact) mass is 489 g/mol. The number of amides is 1. The van der Waals surface area contributed by atoms with Crippen molar-refractivity contribution in [2.45, 2.75) is 32.4 Å². The Bertz CT molecular complexity index is 989. The van der Waals surface area contributed by atoms with Crippen LogP contribution in [0.15, 0.2) is 43.0 Å². The van der Waals surface area contributed by atoms with Crippen LogP contribution in [0, 0.1) is 0 Å². The number of methoxy groups -OCH3 is 2. The number of nitrogens with zero attached hydrogens (tertiary/aromatic N) is 1. The summed E-state index contributed by atoms with van der Waals surface area (Å²) in [5.41, 5.74) is 1.32. The standard InChI is InChI=1S/C26H32ClNO6/c1-5-11-34-22-10-9-18(13-23(22)30-3)16-28(17-20-8-7-12-33-20)26(29)19-14-21(27)25(32-6-2)24(15-19)31-4/h5,9-10,13-15,20H,1,6-8,11-12,16-17H2,2-4H3. The third-order valence-corrected chi connectivity index (χ3v) is 5.74. The molecule has 1 saturated heterocycles. The highest BCUT2D eigenvalue weighted by molar-refractivity contribution is 6.32. The fraction of sp³-hybridized carbons (Fsp3) is 0.423. The zero-order valence-electron chi connectivity index (χ0n) is 20.0. The Morgan fingerprint density at radius 3 is 2.62 bits per heavy atom. The first kappa shape index (κ1) is 25.7. The molecule has 3 rings (SSSR count). The highest BCUT2D eigenvalue weighted by Crippen LogP contribution is 2.37. The molecule has 0 saturated carbocycles. The van der Waals surface area contributed by atoms with Gasteiger partial charge in [0.15, 0.2) is 23.0 Å². The Balaban J connectivity index is 1.89. The van der Waals surface area contributed by atoms with Gasteiger partial charge in [-0.2, -0.15) is 0 Å². The molecule has 2 aromatic rings. The van der Waals surface area contributed by atoms with Crippen molar-refractivity contribution in [2.75, 3.05) is 40.6 Å². The van der Waals surface area contributed by atoms with Crippen molar-refractivity contribution in [3.05, 3.63) is 59.1 Å². The van der Waals surface area contributed by atoms with Crippen LogP contribution >= 0.6 is 11.6 Å². The molecule has 0 bridgehead atoms. The second-order valence-electron chi connectivity index (χ2n) is 7.83. The number of ether oxygens (including phenoxy) is 5. The zero-order valence-corrected chi connectivity index (χ0v) is 20.7. The number of hydrogen-bond donors (Lipinski definition) is 0. The van der Waals surface area contributed by atoms with Crippen LogP contribution in [-0.4, -0.2) is 57.5 Å². The van der Waals surface area contributed by atoms with Crippen molar-refractivity contribution in [1.82, 2.24) is 4.90 Å². The van der Waals surface area contributed by atoms with E-state index in [1.807, 2.05) is 25.1 Å². The summed E-state index contributed by atoms with van der Waals surface area (Å²) in [6.45, 7) is 7.87. The van der Waals surface area contributed by atoms with E-state index in [2.05, 4.69) is 6.58 Å². The van der Waals surface area contributed by atoms with Crippen LogP contribution in [0.5, 0.6) is 23.0 Å². The van der Waals surface area contributed by atoms with Crippen LogP contribution in [0.1, 0.15) is 35.7 Å². The Morgan fingerprint density at radius 1 is 1.18 bits per heavy atom. The van der Waals surface area contributed by atoms with Gasteiger partial charge in [0, 0.05) is 25.3 Å². The summed E-state index contributed by atoms with van der Waals surface area (Å²) in [4.78, 5) is 15.4.